The fraction of sp³-hybridized carbons (Fsp3) is 0.200. The van der Waals surface area contributed by atoms with Crippen molar-refractivity contribution in [2.45, 2.75) is 13.8 Å². The number of aromatic nitrogens is 1. The van der Waals surface area contributed by atoms with Crippen molar-refractivity contribution >= 4 is 22.6 Å². The van der Waals surface area contributed by atoms with Gasteiger partial charge in [-0.3, -0.25) is 4.98 Å². The average Bonchev–Trinajstić information content (AvgIpc) is 2.62. The van der Waals surface area contributed by atoms with Gasteiger partial charge in [0.25, 0.3) is 0 Å². The molecule has 0 fully saturated rings. The predicted octanol–water partition coefficient (Wildman–Crippen LogP) is 4.05. The van der Waals surface area contributed by atoms with Gasteiger partial charge in [0.05, 0.1) is 6.54 Å². The second kappa shape index (κ2) is 7.66. The lowest BCUT2D eigenvalue weighted by Crippen LogP contribution is -2.32. The number of pyridine rings is 1. The number of fused-ring (bicyclic) bond motifs is 1. The molecule has 2 amide bonds. The third-order valence-electron chi connectivity index (χ3n) is 3.88. The molecule has 1 aromatic heterocycles. The smallest absolute Gasteiger partial charge is 0.319 e. The highest BCUT2D eigenvalue weighted by atomic mass is 16.5. The Kier molecular flexibility index (Phi) is 5.14. The fourth-order valence-electron chi connectivity index (χ4n) is 2.56. The van der Waals surface area contributed by atoms with Crippen LogP contribution in [0.25, 0.3) is 10.9 Å². The molecule has 2 aromatic carbocycles. The van der Waals surface area contributed by atoms with Crippen LogP contribution in [0.3, 0.4) is 0 Å². The van der Waals surface area contributed by atoms with E-state index in [-0.39, 0.29) is 6.03 Å². The lowest BCUT2D eigenvalue weighted by Gasteiger charge is -2.12. The van der Waals surface area contributed by atoms with Gasteiger partial charge in [-0.25, -0.2) is 4.79 Å². The molecule has 0 aliphatic rings. The molecule has 1 heterocycles. The van der Waals surface area contributed by atoms with Gasteiger partial charge in [-0.15, -0.1) is 0 Å². The Balaban J connectivity index is 1.51. The van der Waals surface area contributed by atoms with Crippen molar-refractivity contribution in [3.8, 4) is 5.75 Å². The molecule has 5 heteroatoms. The number of carbonyl (C=O) groups excluding carboxylic acids is 1. The zero-order valence-corrected chi connectivity index (χ0v) is 14.4. The minimum atomic E-state index is -0.242. The van der Waals surface area contributed by atoms with Crippen molar-refractivity contribution in [1.29, 1.82) is 0 Å². The molecule has 0 aliphatic heterocycles. The second-order valence-electron chi connectivity index (χ2n) is 5.88. The van der Waals surface area contributed by atoms with Crippen LogP contribution in [-0.4, -0.2) is 24.2 Å². The van der Waals surface area contributed by atoms with E-state index >= 15 is 0 Å². The maximum absolute atomic E-state index is 12.0. The zero-order chi connectivity index (χ0) is 17.6. The fourth-order valence-corrected chi connectivity index (χ4v) is 2.56. The van der Waals surface area contributed by atoms with Crippen molar-refractivity contribution in [1.82, 2.24) is 10.3 Å². The van der Waals surface area contributed by atoms with Gasteiger partial charge in [-0.05, 0) is 43.2 Å². The molecule has 0 saturated heterocycles. The highest BCUT2D eigenvalue weighted by Crippen LogP contribution is 2.22. The lowest BCUT2D eigenvalue weighted by atomic mass is 10.1. The van der Waals surface area contributed by atoms with E-state index in [1.54, 1.807) is 6.20 Å². The standard InChI is InChI=1S/C20H21N3O2/c1-14-8-9-15(2)17(13-14)23-20(24)22-11-12-25-18-7-3-5-16-6-4-10-21-19(16)18/h3-10,13H,11-12H2,1-2H3,(H2,22,23,24). The van der Waals surface area contributed by atoms with Gasteiger partial charge in [0, 0.05) is 17.3 Å². The Morgan fingerprint density at radius 1 is 1.12 bits per heavy atom. The number of hydrogen-bond donors (Lipinski definition) is 2. The SMILES string of the molecule is Cc1ccc(C)c(NC(=O)NCCOc2cccc3cccnc23)c1. The minimum Gasteiger partial charge on any atom is -0.489 e. The van der Waals surface area contributed by atoms with Gasteiger partial charge in [0.2, 0.25) is 0 Å². The monoisotopic (exact) mass is 335 g/mol. The molecule has 0 radical (unpaired) electrons. The summed E-state index contributed by atoms with van der Waals surface area (Å²) < 4.78 is 5.76. The van der Waals surface area contributed by atoms with Gasteiger partial charge < -0.3 is 15.4 Å². The number of anilines is 1. The molecule has 0 atom stereocenters. The van der Waals surface area contributed by atoms with Crippen LogP contribution in [0.15, 0.2) is 54.7 Å². The number of rotatable bonds is 5. The number of nitrogens with one attached hydrogen (secondary N) is 2. The van der Waals surface area contributed by atoms with E-state index < -0.39 is 0 Å². The summed E-state index contributed by atoms with van der Waals surface area (Å²) >= 11 is 0. The topological polar surface area (TPSA) is 63.2 Å². The van der Waals surface area contributed by atoms with Crippen LogP contribution in [0, 0.1) is 13.8 Å². The van der Waals surface area contributed by atoms with Crippen molar-refractivity contribution in [2.24, 2.45) is 0 Å². The van der Waals surface area contributed by atoms with E-state index in [1.807, 2.05) is 62.4 Å². The quantitative estimate of drug-likeness (QED) is 0.691. The Labute approximate surface area is 147 Å². The molecule has 0 aliphatic carbocycles. The van der Waals surface area contributed by atoms with Crippen molar-refractivity contribution < 1.29 is 9.53 Å². The number of ether oxygens (including phenoxy) is 1. The van der Waals surface area contributed by atoms with Crippen LogP contribution in [-0.2, 0) is 0 Å². The average molecular weight is 335 g/mol. The summed E-state index contributed by atoms with van der Waals surface area (Å²) in [6.45, 7) is 4.73. The van der Waals surface area contributed by atoms with Crippen LogP contribution in [0.5, 0.6) is 5.75 Å². The first-order chi connectivity index (χ1) is 12.1. The molecule has 5 nitrogen and oxygen atoms in total. The van der Waals surface area contributed by atoms with E-state index in [1.165, 1.54) is 0 Å². The number of nitrogens with zero attached hydrogens (tertiary/aromatic N) is 1. The number of amides is 2. The molecular weight excluding hydrogens is 314 g/mol. The number of carbonyl (C=O) groups is 1. The molecule has 128 valence electrons. The predicted molar refractivity (Wildman–Crippen MR) is 100 cm³/mol. The lowest BCUT2D eigenvalue weighted by molar-refractivity contribution is 0.247. The molecule has 0 bridgehead atoms. The normalized spacial score (nSPS) is 10.5. The summed E-state index contributed by atoms with van der Waals surface area (Å²) in [4.78, 5) is 16.4. The molecule has 0 unspecified atom stereocenters. The third kappa shape index (κ3) is 4.26. The Hall–Kier alpha value is -3.08. The van der Waals surface area contributed by atoms with Gasteiger partial charge in [0.15, 0.2) is 0 Å². The number of urea groups is 1. The van der Waals surface area contributed by atoms with Gasteiger partial charge >= 0.3 is 6.03 Å². The molecule has 2 N–H and O–H groups in total. The largest absolute Gasteiger partial charge is 0.489 e. The number of para-hydroxylation sites is 1. The molecule has 25 heavy (non-hydrogen) atoms. The summed E-state index contributed by atoms with van der Waals surface area (Å²) in [6, 6.07) is 15.4. The minimum absolute atomic E-state index is 0.242. The maximum atomic E-state index is 12.0. The van der Waals surface area contributed by atoms with Crippen molar-refractivity contribution in [3.63, 3.8) is 0 Å². The van der Waals surface area contributed by atoms with Crippen LogP contribution in [0.1, 0.15) is 11.1 Å². The molecule has 3 aromatic rings. The van der Waals surface area contributed by atoms with Gasteiger partial charge in [0.1, 0.15) is 17.9 Å². The van der Waals surface area contributed by atoms with Crippen LogP contribution < -0.4 is 15.4 Å². The summed E-state index contributed by atoms with van der Waals surface area (Å²) in [5.74, 6) is 0.717. The molecule has 3 rings (SSSR count). The first-order valence-electron chi connectivity index (χ1n) is 8.22. The van der Waals surface area contributed by atoms with E-state index in [0.29, 0.717) is 13.2 Å². The highest BCUT2D eigenvalue weighted by molar-refractivity contribution is 5.90. The van der Waals surface area contributed by atoms with Crippen LogP contribution in [0.2, 0.25) is 0 Å². The van der Waals surface area contributed by atoms with E-state index in [2.05, 4.69) is 15.6 Å². The summed E-state index contributed by atoms with van der Waals surface area (Å²) in [5, 5.41) is 6.69. The number of aryl methyl sites for hydroxylation is 2. The van der Waals surface area contributed by atoms with E-state index in [0.717, 1.165) is 33.5 Å². The molecular formula is C20H21N3O2. The van der Waals surface area contributed by atoms with Crippen LogP contribution in [0.4, 0.5) is 10.5 Å². The zero-order valence-electron chi connectivity index (χ0n) is 14.4. The first-order valence-corrected chi connectivity index (χ1v) is 8.22. The Morgan fingerprint density at radius 2 is 1.96 bits per heavy atom. The highest BCUT2D eigenvalue weighted by Gasteiger charge is 2.05. The molecule has 0 saturated carbocycles. The Bertz CT molecular complexity index is 888. The number of benzene rings is 2. The van der Waals surface area contributed by atoms with Gasteiger partial charge in [-0.1, -0.05) is 30.3 Å². The van der Waals surface area contributed by atoms with E-state index in [4.69, 9.17) is 4.74 Å². The first kappa shape index (κ1) is 16.8. The van der Waals surface area contributed by atoms with Crippen LogP contribution >= 0.6 is 0 Å². The second-order valence-corrected chi connectivity index (χ2v) is 5.88. The molecule has 0 spiro atoms. The van der Waals surface area contributed by atoms with Gasteiger partial charge in [-0.2, -0.15) is 0 Å². The van der Waals surface area contributed by atoms with Crippen molar-refractivity contribution in [2.75, 3.05) is 18.5 Å². The van der Waals surface area contributed by atoms with E-state index in [9.17, 15) is 4.79 Å². The summed E-state index contributed by atoms with van der Waals surface area (Å²) in [6.07, 6.45) is 1.74. The Morgan fingerprint density at radius 3 is 2.84 bits per heavy atom. The third-order valence-corrected chi connectivity index (χ3v) is 3.88. The van der Waals surface area contributed by atoms with Crippen molar-refractivity contribution in [3.05, 3.63) is 65.9 Å². The summed E-state index contributed by atoms with van der Waals surface area (Å²) in [5.41, 5.74) is 3.77. The summed E-state index contributed by atoms with van der Waals surface area (Å²) in [7, 11) is 0. The maximum Gasteiger partial charge on any atom is 0.319 e. The number of hydrogen-bond acceptors (Lipinski definition) is 3.